The number of nitrogens with zero attached hydrogens (tertiary/aromatic N) is 4. The second-order valence-electron chi connectivity index (χ2n) is 4.47. The Hall–Kier alpha value is -2.15. The lowest BCUT2D eigenvalue weighted by molar-refractivity contribution is 0.587. The number of hydrogen-bond donors (Lipinski definition) is 0. The standard InChI is InChI=1S/C13H14N4O2S/c1-3-16-8-13(10(2)15-16)20(18,19)17-9-14-11-6-4-5-7-12(11)17/h4-9H,3H2,1-2H3. The smallest absolute Gasteiger partial charge is 0.271 e. The van der Waals surface area contributed by atoms with E-state index in [4.69, 9.17) is 0 Å². The molecule has 3 rings (SSSR count). The van der Waals surface area contributed by atoms with Crippen molar-refractivity contribution in [3.63, 3.8) is 0 Å². The molecule has 1 aromatic carbocycles. The van der Waals surface area contributed by atoms with Crippen LogP contribution in [0.25, 0.3) is 11.0 Å². The van der Waals surface area contributed by atoms with Gasteiger partial charge in [-0.1, -0.05) is 12.1 Å². The van der Waals surface area contributed by atoms with Crippen molar-refractivity contribution in [2.45, 2.75) is 25.3 Å². The van der Waals surface area contributed by atoms with Crippen LogP contribution in [0.15, 0.2) is 41.7 Å². The molecule has 0 aliphatic rings. The molecule has 0 aliphatic carbocycles. The molecule has 0 saturated heterocycles. The first-order valence-corrected chi connectivity index (χ1v) is 7.69. The molecule has 0 fully saturated rings. The first kappa shape index (κ1) is 12.9. The summed E-state index contributed by atoms with van der Waals surface area (Å²) in [7, 11) is -3.67. The highest BCUT2D eigenvalue weighted by molar-refractivity contribution is 7.90. The van der Waals surface area contributed by atoms with E-state index >= 15 is 0 Å². The molecule has 0 aliphatic heterocycles. The maximum absolute atomic E-state index is 12.7. The summed E-state index contributed by atoms with van der Waals surface area (Å²) < 4.78 is 28.3. The third kappa shape index (κ3) is 1.82. The summed E-state index contributed by atoms with van der Waals surface area (Å²) in [5, 5.41) is 4.19. The SMILES string of the molecule is CCn1cc(S(=O)(=O)n2cnc3ccccc32)c(C)n1. The number of aryl methyl sites for hydroxylation is 2. The van der Waals surface area contributed by atoms with Gasteiger partial charge in [-0.05, 0) is 26.0 Å². The Kier molecular flexibility index (Phi) is 2.86. The highest BCUT2D eigenvalue weighted by Crippen LogP contribution is 2.21. The van der Waals surface area contributed by atoms with E-state index in [9.17, 15) is 8.42 Å². The fourth-order valence-electron chi connectivity index (χ4n) is 2.15. The van der Waals surface area contributed by atoms with Crippen LogP contribution in [-0.2, 0) is 16.6 Å². The van der Waals surface area contributed by atoms with Crippen LogP contribution in [-0.4, -0.2) is 27.2 Å². The average Bonchev–Trinajstić information content (AvgIpc) is 3.02. The minimum Gasteiger partial charge on any atom is -0.271 e. The van der Waals surface area contributed by atoms with Gasteiger partial charge in [0.2, 0.25) is 0 Å². The van der Waals surface area contributed by atoms with Crippen LogP contribution in [0.4, 0.5) is 0 Å². The normalized spacial score (nSPS) is 12.1. The first-order chi connectivity index (χ1) is 9.54. The predicted molar refractivity (Wildman–Crippen MR) is 75.0 cm³/mol. The molecule has 0 unspecified atom stereocenters. The van der Waals surface area contributed by atoms with Crippen molar-refractivity contribution in [1.29, 1.82) is 0 Å². The summed E-state index contributed by atoms with van der Waals surface area (Å²) in [6, 6.07) is 7.13. The number of fused-ring (bicyclic) bond motifs is 1. The fraction of sp³-hybridized carbons (Fsp3) is 0.231. The van der Waals surface area contributed by atoms with Crippen molar-refractivity contribution in [3.05, 3.63) is 42.5 Å². The van der Waals surface area contributed by atoms with Crippen LogP contribution in [0, 0.1) is 6.92 Å². The summed E-state index contributed by atoms with van der Waals surface area (Å²) >= 11 is 0. The molecule has 6 nitrogen and oxygen atoms in total. The van der Waals surface area contributed by atoms with Gasteiger partial charge in [0, 0.05) is 12.7 Å². The van der Waals surface area contributed by atoms with Crippen molar-refractivity contribution < 1.29 is 8.42 Å². The lowest BCUT2D eigenvalue weighted by Gasteiger charge is -2.04. The zero-order valence-corrected chi connectivity index (χ0v) is 12.0. The van der Waals surface area contributed by atoms with Crippen LogP contribution < -0.4 is 0 Å². The van der Waals surface area contributed by atoms with Crippen molar-refractivity contribution in [2.75, 3.05) is 0 Å². The van der Waals surface area contributed by atoms with E-state index in [1.165, 1.54) is 10.3 Å². The van der Waals surface area contributed by atoms with Crippen molar-refractivity contribution >= 4 is 21.1 Å². The summed E-state index contributed by atoms with van der Waals surface area (Å²) in [6.07, 6.45) is 2.89. The van der Waals surface area contributed by atoms with E-state index < -0.39 is 10.0 Å². The zero-order valence-electron chi connectivity index (χ0n) is 11.2. The van der Waals surface area contributed by atoms with Gasteiger partial charge in [0.25, 0.3) is 10.0 Å². The monoisotopic (exact) mass is 290 g/mol. The predicted octanol–water partition coefficient (Wildman–Crippen LogP) is 1.80. The van der Waals surface area contributed by atoms with Crippen LogP contribution in [0.3, 0.4) is 0 Å². The van der Waals surface area contributed by atoms with E-state index in [1.807, 2.05) is 13.0 Å². The Morgan fingerprint density at radius 1 is 1.25 bits per heavy atom. The molecule has 0 bridgehead atoms. The third-order valence-electron chi connectivity index (χ3n) is 3.18. The molecule has 0 N–H and O–H groups in total. The summed E-state index contributed by atoms with van der Waals surface area (Å²) in [6.45, 7) is 4.23. The Labute approximate surface area is 116 Å². The van der Waals surface area contributed by atoms with Gasteiger partial charge in [-0.2, -0.15) is 5.10 Å². The van der Waals surface area contributed by atoms with Gasteiger partial charge in [0.1, 0.15) is 11.2 Å². The maximum atomic E-state index is 12.7. The third-order valence-corrected chi connectivity index (χ3v) is 4.95. The van der Waals surface area contributed by atoms with Crippen molar-refractivity contribution in [1.82, 2.24) is 18.7 Å². The van der Waals surface area contributed by atoms with Gasteiger partial charge in [-0.25, -0.2) is 17.4 Å². The van der Waals surface area contributed by atoms with Crippen LogP contribution in [0.2, 0.25) is 0 Å². The Bertz CT molecular complexity index is 877. The zero-order chi connectivity index (χ0) is 14.3. The molecule has 2 heterocycles. The first-order valence-electron chi connectivity index (χ1n) is 6.25. The van der Waals surface area contributed by atoms with E-state index in [0.29, 0.717) is 23.3 Å². The van der Waals surface area contributed by atoms with Gasteiger partial charge in [0.15, 0.2) is 0 Å². The summed E-state index contributed by atoms with van der Waals surface area (Å²) in [4.78, 5) is 4.33. The molecule has 0 spiro atoms. The van der Waals surface area contributed by atoms with Crippen molar-refractivity contribution in [3.8, 4) is 0 Å². The Morgan fingerprint density at radius 3 is 2.70 bits per heavy atom. The number of rotatable bonds is 3. The number of aromatic nitrogens is 4. The van der Waals surface area contributed by atoms with Gasteiger partial charge in [-0.15, -0.1) is 0 Å². The number of imidazole rings is 1. The molecule has 0 saturated carbocycles. The molecule has 20 heavy (non-hydrogen) atoms. The molecule has 0 amide bonds. The maximum Gasteiger partial charge on any atom is 0.272 e. The number of hydrogen-bond acceptors (Lipinski definition) is 4. The quantitative estimate of drug-likeness (QED) is 0.737. The lowest BCUT2D eigenvalue weighted by atomic mass is 10.3. The van der Waals surface area contributed by atoms with Gasteiger partial charge < -0.3 is 0 Å². The van der Waals surface area contributed by atoms with Gasteiger partial charge >= 0.3 is 0 Å². The van der Waals surface area contributed by atoms with Gasteiger partial charge in [-0.3, -0.25) is 4.68 Å². The molecular weight excluding hydrogens is 276 g/mol. The molecule has 2 aromatic heterocycles. The van der Waals surface area contributed by atoms with E-state index in [0.717, 1.165) is 0 Å². The minimum absolute atomic E-state index is 0.211. The highest BCUT2D eigenvalue weighted by atomic mass is 32.2. The van der Waals surface area contributed by atoms with Gasteiger partial charge in [0.05, 0.1) is 16.7 Å². The molecule has 0 atom stereocenters. The summed E-state index contributed by atoms with van der Waals surface area (Å²) in [5.74, 6) is 0. The second-order valence-corrected chi connectivity index (χ2v) is 6.25. The molecule has 3 aromatic rings. The molecular formula is C13H14N4O2S. The number of para-hydroxylation sites is 2. The lowest BCUT2D eigenvalue weighted by Crippen LogP contribution is -2.12. The van der Waals surface area contributed by atoms with Crippen LogP contribution >= 0.6 is 0 Å². The van der Waals surface area contributed by atoms with Crippen LogP contribution in [0.5, 0.6) is 0 Å². The van der Waals surface area contributed by atoms with E-state index in [-0.39, 0.29) is 4.90 Å². The van der Waals surface area contributed by atoms with E-state index in [1.54, 1.807) is 36.0 Å². The minimum atomic E-state index is -3.67. The topological polar surface area (TPSA) is 69.8 Å². The van der Waals surface area contributed by atoms with Crippen LogP contribution in [0.1, 0.15) is 12.6 Å². The highest BCUT2D eigenvalue weighted by Gasteiger charge is 2.24. The molecule has 7 heteroatoms. The molecule has 104 valence electrons. The summed E-state index contributed by atoms with van der Waals surface area (Å²) in [5.41, 5.74) is 1.71. The Balaban J connectivity index is 2.23. The average molecular weight is 290 g/mol. The number of benzene rings is 1. The fourth-order valence-corrected chi connectivity index (χ4v) is 3.61. The van der Waals surface area contributed by atoms with E-state index in [2.05, 4.69) is 10.1 Å². The Morgan fingerprint density at radius 2 is 2.00 bits per heavy atom. The van der Waals surface area contributed by atoms with Crippen molar-refractivity contribution in [2.24, 2.45) is 0 Å². The molecule has 0 radical (unpaired) electrons. The largest absolute Gasteiger partial charge is 0.272 e. The second kappa shape index (κ2) is 4.45.